The molecule has 1 amide bonds. The molecule has 36 heavy (non-hydrogen) atoms. The third-order valence-electron chi connectivity index (χ3n) is 6.76. The highest BCUT2D eigenvalue weighted by atomic mass is 32.1. The second-order valence-electron chi connectivity index (χ2n) is 9.08. The Kier molecular flexibility index (Phi) is 6.21. The van der Waals surface area contributed by atoms with Crippen molar-refractivity contribution in [3.63, 3.8) is 0 Å². The molecule has 2 aromatic carbocycles. The normalized spacial score (nSPS) is 13.3. The van der Waals surface area contributed by atoms with Crippen LogP contribution in [0.5, 0.6) is 0 Å². The Hall–Kier alpha value is -3.79. The van der Waals surface area contributed by atoms with Gasteiger partial charge in [0.25, 0.3) is 22.3 Å². The minimum Gasteiger partial charge on any atom is -0.394 e. The molecule has 0 unspecified atom stereocenters. The third-order valence-corrected chi connectivity index (χ3v) is 7.95. The second kappa shape index (κ2) is 9.34. The Balaban J connectivity index is 1.32. The van der Waals surface area contributed by atoms with Gasteiger partial charge in [-0.25, -0.2) is 4.98 Å². The van der Waals surface area contributed by atoms with Crippen molar-refractivity contribution in [1.82, 2.24) is 15.3 Å². The number of amides is 1. The summed E-state index contributed by atoms with van der Waals surface area (Å²) >= 11 is 1.48. The summed E-state index contributed by atoms with van der Waals surface area (Å²) in [4.78, 5) is 59.8. The van der Waals surface area contributed by atoms with Crippen LogP contribution < -0.4 is 32.4 Å². The van der Waals surface area contributed by atoms with E-state index in [4.69, 9.17) is 5.73 Å². The number of aryl methyl sites for hydroxylation is 2. The zero-order valence-corrected chi connectivity index (χ0v) is 21.0. The zero-order valence-electron chi connectivity index (χ0n) is 20.2. The summed E-state index contributed by atoms with van der Waals surface area (Å²) in [6, 6.07) is 5.94. The number of rotatable bonds is 7. The monoisotopic (exact) mass is 505 g/mol. The number of nitrogen functional groups attached to an aromatic ring is 1. The van der Waals surface area contributed by atoms with Crippen molar-refractivity contribution in [2.24, 2.45) is 0 Å². The minimum absolute atomic E-state index is 0.000776. The van der Waals surface area contributed by atoms with E-state index in [2.05, 4.69) is 22.2 Å². The van der Waals surface area contributed by atoms with Gasteiger partial charge in [0.1, 0.15) is 16.2 Å². The molecule has 0 spiro atoms. The van der Waals surface area contributed by atoms with Crippen molar-refractivity contribution in [3.05, 3.63) is 82.0 Å². The number of fused-ring (bicyclic) bond motifs is 2. The molecule has 1 aliphatic rings. The van der Waals surface area contributed by atoms with E-state index in [0.717, 1.165) is 52.8 Å². The topological polar surface area (TPSA) is 138 Å². The minimum atomic E-state index is -0.618. The molecule has 0 saturated heterocycles. The number of aromatic amines is 1. The number of H-pyrrole nitrogens is 1. The van der Waals surface area contributed by atoms with Crippen LogP contribution in [0.15, 0.2) is 32.6 Å². The SMILES string of the molecule is CCCc1sc2nc(C(=O)NCc3ccc4c(c3)CN(c3c(N)c(=O)c3=O)CC4)[nH]c(=O)c2c1CC. The lowest BCUT2D eigenvalue weighted by molar-refractivity contribution is 0.0940. The fraction of sp³-hybridized carbons (Fsp3) is 0.346. The zero-order chi connectivity index (χ0) is 25.6. The number of nitrogens with zero attached hydrogens (tertiary/aromatic N) is 2. The van der Waals surface area contributed by atoms with E-state index in [1.807, 2.05) is 30.0 Å². The molecule has 1 aliphatic heterocycles. The van der Waals surface area contributed by atoms with Crippen LogP contribution in [-0.4, -0.2) is 22.4 Å². The predicted molar refractivity (Wildman–Crippen MR) is 142 cm³/mol. The lowest BCUT2D eigenvalue weighted by atomic mass is 9.96. The van der Waals surface area contributed by atoms with E-state index in [1.165, 1.54) is 11.3 Å². The Morgan fingerprint density at radius 3 is 2.72 bits per heavy atom. The average Bonchev–Trinajstić information content (AvgIpc) is 3.24. The van der Waals surface area contributed by atoms with Crippen LogP contribution in [-0.2, 0) is 32.4 Å². The first-order chi connectivity index (χ1) is 17.3. The maximum Gasteiger partial charge on any atom is 0.287 e. The molecule has 0 aliphatic carbocycles. The van der Waals surface area contributed by atoms with Gasteiger partial charge in [0.15, 0.2) is 0 Å². The highest BCUT2D eigenvalue weighted by molar-refractivity contribution is 7.18. The van der Waals surface area contributed by atoms with Crippen LogP contribution >= 0.6 is 11.3 Å². The van der Waals surface area contributed by atoms with E-state index >= 15 is 0 Å². The maximum absolute atomic E-state index is 12.8. The first-order valence-electron chi connectivity index (χ1n) is 12.1. The number of aromatic nitrogens is 2. The number of carbonyl (C=O) groups is 1. The van der Waals surface area contributed by atoms with Gasteiger partial charge in [0, 0.05) is 24.5 Å². The number of nitrogens with one attached hydrogen (secondary N) is 2. The van der Waals surface area contributed by atoms with Crippen molar-refractivity contribution in [2.45, 2.75) is 52.6 Å². The Morgan fingerprint density at radius 2 is 2.00 bits per heavy atom. The van der Waals surface area contributed by atoms with Crippen LogP contribution in [0.25, 0.3) is 10.2 Å². The summed E-state index contributed by atoms with van der Waals surface area (Å²) in [7, 11) is 0. The second-order valence-corrected chi connectivity index (χ2v) is 10.2. The molecule has 3 heterocycles. The molecule has 186 valence electrons. The summed E-state index contributed by atoms with van der Waals surface area (Å²) in [6.07, 6.45) is 3.33. The van der Waals surface area contributed by atoms with Gasteiger partial charge in [0.2, 0.25) is 5.82 Å². The molecule has 2 aromatic heterocycles. The Bertz CT molecular complexity index is 1630. The molecule has 4 N–H and O–H groups in total. The number of hydrogen-bond donors (Lipinski definition) is 3. The number of thiophene rings is 1. The summed E-state index contributed by atoms with van der Waals surface area (Å²) in [5.74, 6) is -0.451. The molecule has 0 atom stereocenters. The van der Waals surface area contributed by atoms with E-state index in [9.17, 15) is 19.2 Å². The van der Waals surface area contributed by atoms with Crippen molar-refractivity contribution >= 4 is 38.8 Å². The van der Waals surface area contributed by atoms with Gasteiger partial charge in [-0.15, -0.1) is 11.3 Å². The molecule has 5 rings (SSSR count). The predicted octanol–water partition coefficient (Wildman–Crippen LogP) is 2.17. The molecule has 0 saturated carbocycles. The highest BCUT2D eigenvalue weighted by Crippen LogP contribution is 2.29. The molecule has 10 heteroatoms. The summed E-state index contributed by atoms with van der Waals surface area (Å²) in [5, 5.41) is 3.43. The fourth-order valence-electron chi connectivity index (χ4n) is 4.91. The maximum atomic E-state index is 12.8. The summed E-state index contributed by atoms with van der Waals surface area (Å²) in [5.41, 5.74) is 8.71. The van der Waals surface area contributed by atoms with Crippen molar-refractivity contribution in [2.75, 3.05) is 17.2 Å². The van der Waals surface area contributed by atoms with Crippen molar-refractivity contribution in [1.29, 1.82) is 0 Å². The lowest BCUT2D eigenvalue weighted by Crippen LogP contribution is -2.44. The van der Waals surface area contributed by atoms with Crippen LogP contribution in [0.1, 0.15) is 58.0 Å². The third kappa shape index (κ3) is 4.01. The van der Waals surface area contributed by atoms with Crippen LogP contribution in [0.3, 0.4) is 0 Å². The molecule has 0 bridgehead atoms. The molecule has 0 radical (unpaired) electrons. The number of nitrogens with two attached hydrogens (primary N) is 1. The van der Waals surface area contributed by atoms with Gasteiger partial charge >= 0.3 is 0 Å². The van der Waals surface area contributed by atoms with Crippen LogP contribution in [0, 0.1) is 0 Å². The average molecular weight is 506 g/mol. The van der Waals surface area contributed by atoms with Gasteiger partial charge in [-0.2, -0.15) is 0 Å². The number of hydrogen-bond acceptors (Lipinski definition) is 8. The Morgan fingerprint density at radius 1 is 1.19 bits per heavy atom. The first kappa shape index (κ1) is 23.9. The van der Waals surface area contributed by atoms with E-state index in [1.54, 1.807) is 0 Å². The number of anilines is 2. The standard InChI is InChI=1S/C26H27N5O4S/c1-3-5-17-16(4-2)18-24(34)29-23(30-26(18)36-17)25(35)28-11-13-6-7-14-8-9-31(12-15(14)10-13)20-19(27)21(32)22(20)33/h6-7,10H,3-5,8-9,11-12,27H2,1-2H3,(H,28,35)(H,29,30,34). The lowest BCUT2D eigenvalue weighted by Gasteiger charge is -2.32. The Labute approximate surface area is 210 Å². The van der Waals surface area contributed by atoms with E-state index in [0.29, 0.717) is 29.0 Å². The van der Waals surface area contributed by atoms with Gasteiger partial charge in [0.05, 0.1) is 5.39 Å². The number of benzene rings is 1. The molecule has 9 nitrogen and oxygen atoms in total. The highest BCUT2D eigenvalue weighted by Gasteiger charge is 2.27. The fourth-order valence-corrected chi connectivity index (χ4v) is 6.27. The van der Waals surface area contributed by atoms with Crippen molar-refractivity contribution < 1.29 is 4.79 Å². The summed E-state index contributed by atoms with van der Waals surface area (Å²) in [6.45, 7) is 5.45. The molecule has 0 fully saturated rings. The summed E-state index contributed by atoms with van der Waals surface area (Å²) < 4.78 is 0. The van der Waals surface area contributed by atoms with Crippen LogP contribution in [0.4, 0.5) is 11.4 Å². The van der Waals surface area contributed by atoms with E-state index < -0.39 is 16.8 Å². The van der Waals surface area contributed by atoms with Gasteiger partial charge in [-0.05, 0) is 41.5 Å². The number of carbonyl (C=O) groups excluding carboxylic acids is 1. The largest absolute Gasteiger partial charge is 0.394 e. The smallest absolute Gasteiger partial charge is 0.287 e. The van der Waals surface area contributed by atoms with Gasteiger partial charge < -0.3 is 20.9 Å². The quantitative estimate of drug-likeness (QED) is 0.327. The molecular formula is C26H27N5O4S. The van der Waals surface area contributed by atoms with Crippen molar-refractivity contribution in [3.8, 4) is 0 Å². The van der Waals surface area contributed by atoms with Gasteiger partial charge in [-0.1, -0.05) is 38.5 Å². The van der Waals surface area contributed by atoms with Gasteiger partial charge in [-0.3, -0.25) is 19.2 Å². The molecular weight excluding hydrogens is 478 g/mol. The first-order valence-corrected chi connectivity index (χ1v) is 12.9. The van der Waals surface area contributed by atoms with E-state index in [-0.39, 0.29) is 23.6 Å². The molecule has 4 aromatic rings. The van der Waals surface area contributed by atoms with Crippen LogP contribution in [0.2, 0.25) is 0 Å².